The summed E-state index contributed by atoms with van der Waals surface area (Å²) in [6.45, 7) is 7.80. The molecule has 6 nitrogen and oxygen atoms in total. The van der Waals surface area contributed by atoms with Crippen LogP contribution >= 0.6 is 0 Å². The molecule has 1 aromatic rings. The Morgan fingerprint density at radius 2 is 1.77 bits per heavy atom. The van der Waals surface area contributed by atoms with Crippen molar-refractivity contribution in [3.63, 3.8) is 0 Å². The van der Waals surface area contributed by atoms with Gasteiger partial charge in [-0.05, 0) is 74.7 Å². The molecule has 3 N–H and O–H groups in total. The highest BCUT2D eigenvalue weighted by atomic mass is 16.5. The van der Waals surface area contributed by atoms with Crippen LogP contribution in [0, 0.1) is 11.8 Å². The minimum atomic E-state index is -0.477. The second-order valence-electron chi connectivity index (χ2n) is 9.12. The molecule has 1 heterocycles. The molecule has 0 aliphatic carbocycles. The topological polar surface area (TPSA) is 77.2 Å². The van der Waals surface area contributed by atoms with E-state index in [1.807, 2.05) is 6.07 Å². The SMILES string of the molecule is COCCCOc1cc(C[C@H](CC[C@H](O)[C@@H](N)N2CCCCC2)C(C)C)ccc1OC. The maximum Gasteiger partial charge on any atom is 0.161 e. The van der Waals surface area contributed by atoms with Crippen molar-refractivity contribution in [1.82, 2.24) is 4.90 Å². The number of benzene rings is 1. The molecule has 0 saturated carbocycles. The number of nitrogens with two attached hydrogens (primary N) is 1. The number of likely N-dealkylation sites (tertiary alicyclic amines) is 1. The third kappa shape index (κ3) is 8.60. The molecule has 1 saturated heterocycles. The lowest BCUT2D eigenvalue weighted by Gasteiger charge is -2.35. The van der Waals surface area contributed by atoms with Gasteiger partial charge in [0.05, 0.1) is 26.0 Å². The Bertz CT molecular complexity index is 620. The van der Waals surface area contributed by atoms with Gasteiger partial charge in [0.15, 0.2) is 11.5 Å². The van der Waals surface area contributed by atoms with Crippen molar-refractivity contribution >= 4 is 0 Å². The van der Waals surface area contributed by atoms with E-state index in [2.05, 4.69) is 30.9 Å². The van der Waals surface area contributed by atoms with E-state index in [4.69, 9.17) is 19.9 Å². The van der Waals surface area contributed by atoms with Gasteiger partial charge in [-0.15, -0.1) is 0 Å². The number of ether oxygens (including phenoxy) is 3. The Kier molecular flexibility index (Phi) is 11.7. The number of nitrogens with zero attached hydrogens (tertiary/aromatic N) is 1. The number of rotatable bonds is 14. The van der Waals surface area contributed by atoms with Gasteiger partial charge in [-0.2, -0.15) is 0 Å². The maximum atomic E-state index is 10.7. The first kappa shape index (κ1) is 25.9. The van der Waals surface area contributed by atoms with E-state index in [1.54, 1.807) is 14.2 Å². The Morgan fingerprint density at radius 1 is 1.03 bits per heavy atom. The van der Waals surface area contributed by atoms with Crippen molar-refractivity contribution in [2.75, 3.05) is 40.5 Å². The highest BCUT2D eigenvalue weighted by Gasteiger charge is 2.25. The van der Waals surface area contributed by atoms with Gasteiger partial charge in [-0.3, -0.25) is 4.90 Å². The quantitative estimate of drug-likeness (QED) is 0.432. The Labute approximate surface area is 189 Å². The fourth-order valence-corrected chi connectivity index (χ4v) is 4.34. The molecule has 1 aromatic carbocycles. The number of piperidine rings is 1. The van der Waals surface area contributed by atoms with Crippen LogP contribution in [-0.4, -0.2) is 62.8 Å². The number of aliphatic hydroxyl groups is 1. The van der Waals surface area contributed by atoms with Crippen molar-refractivity contribution in [1.29, 1.82) is 0 Å². The molecule has 0 amide bonds. The molecule has 178 valence electrons. The van der Waals surface area contributed by atoms with Crippen LogP contribution in [-0.2, 0) is 11.2 Å². The summed E-state index contributed by atoms with van der Waals surface area (Å²) < 4.78 is 16.5. The van der Waals surface area contributed by atoms with Crippen LogP contribution in [0.4, 0.5) is 0 Å². The average molecular weight is 437 g/mol. The standard InChI is InChI=1S/C25H44N2O4/c1-19(2)21(10-11-22(28)25(26)27-13-6-5-7-14-27)17-20-9-12-23(30-4)24(18-20)31-16-8-15-29-3/h9,12,18-19,21-22,25,28H,5-8,10-11,13-17,26H2,1-4H3/t21-,22-,25-/m0/s1. The third-order valence-electron chi connectivity index (χ3n) is 6.46. The summed E-state index contributed by atoms with van der Waals surface area (Å²) in [4.78, 5) is 2.25. The fourth-order valence-electron chi connectivity index (χ4n) is 4.34. The molecule has 0 unspecified atom stereocenters. The monoisotopic (exact) mass is 436 g/mol. The predicted octanol–water partition coefficient (Wildman–Crippen LogP) is 3.84. The molecule has 1 aliphatic rings. The number of aliphatic hydroxyl groups excluding tert-OH is 1. The molecule has 3 atom stereocenters. The maximum absolute atomic E-state index is 10.7. The summed E-state index contributed by atoms with van der Waals surface area (Å²) in [5.74, 6) is 2.53. The molecular weight excluding hydrogens is 392 g/mol. The van der Waals surface area contributed by atoms with Crippen molar-refractivity contribution in [2.45, 2.75) is 71.1 Å². The molecule has 0 radical (unpaired) electrons. The summed E-state index contributed by atoms with van der Waals surface area (Å²) in [6, 6.07) is 6.20. The van der Waals surface area contributed by atoms with E-state index in [-0.39, 0.29) is 6.17 Å². The Hall–Kier alpha value is -1.34. The van der Waals surface area contributed by atoms with Crippen LogP contribution in [0.1, 0.15) is 57.9 Å². The van der Waals surface area contributed by atoms with Crippen LogP contribution in [0.25, 0.3) is 0 Å². The van der Waals surface area contributed by atoms with Gasteiger partial charge < -0.3 is 25.1 Å². The van der Waals surface area contributed by atoms with Gasteiger partial charge in [0.1, 0.15) is 0 Å². The van der Waals surface area contributed by atoms with Crippen molar-refractivity contribution in [3.05, 3.63) is 23.8 Å². The van der Waals surface area contributed by atoms with Crippen molar-refractivity contribution in [2.24, 2.45) is 17.6 Å². The summed E-state index contributed by atoms with van der Waals surface area (Å²) in [7, 11) is 3.37. The lowest BCUT2D eigenvalue weighted by Crippen LogP contribution is -2.51. The summed E-state index contributed by atoms with van der Waals surface area (Å²) in [6.07, 6.45) is 6.39. The van der Waals surface area contributed by atoms with Crippen LogP contribution in [0.5, 0.6) is 11.5 Å². The van der Waals surface area contributed by atoms with E-state index in [0.29, 0.717) is 25.0 Å². The third-order valence-corrected chi connectivity index (χ3v) is 6.46. The largest absolute Gasteiger partial charge is 0.493 e. The van der Waals surface area contributed by atoms with Crippen LogP contribution < -0.4 is 15.2 Å². The minimum absolute atomic E-state index is 0.249. The molecule has 0 bridgehead atoms. The molecule has 0 spiro atoms. The van der Waals surface area contributed by atoms with Crippen molar-refractivity contribution < 1.29 is 19.3 Å². The van der Waals surface area contributed by atoms with E-state index in [0.717, 1.165) is 50.3 Å². The van der Waals surface area contributed by atoms with Crippen LogP contribution in [0.2, 0.25) is 0 Å². The first-order valence-corrected chi connectivity index (χ1v) is 11.9. The van der Waals surface area contributed by atoms with Gasteiger partial charge in [-0.25, -0.2) is 0 Å². The number of methoxy groups -OCH3 is 2. The lowest BCUT2D eigenvalue weighted by molar-refractivity contribution is 0.0313. The predicted molar refractivity (Wildman–Crippen MR) is 126 cm³/mol. The molecule has 6 heteroatoms. The van der Waals surface area contributed by atoms with Gasteiger partial charge >= 0.3 is 0 Å². The number of hydrogen-bond acceptors (Lipinski definition) is 6. The van der Waals surface area contributed by atoms with E-state index >= 15 is 0 Å². The smallest absolute Gasteiger partial charge is 0.161 e. The molecule has 2 rings (SSSR count). The summed E-state index contributed by atoms with van der Waals surface area (Å²) in [5.41, 5.74) is 7.60. The molecular formula is C25H44N2O4. The van der Waals surface area contributed by atoms with Gasteiger partial charge in [0.25, 0.3) is 0 Å². The first-order chi connectivity index (χ1) is 15.0. The fraction of sp³-hybridized carbons (Fsp3) is 0.760. The van der Waals surface area contributed by atoms with E-state index in [1.165, 1.54) is 24.8 Å². The number of hydrogen-bond donors (Lipinski definition) is 2. The van der Waals surface area contributed by atoms with Gasteiger partial charge in [0.2, 0.25) is 0 Å². The summed E-state index contributed by atoms with van der Waals surface area (Å²) in [5, 5.41) is 10.7. The van der Waals surface area contributed by atoms with Crippen LogP contribution in [0.3, 0.4) is 0 Å². The second-order valence-corrected chi connectivity index (χ2v) is 9.12. The molecule has 31 heavy (non-hydrogen) atoms. The summed E-state index contributed by atoms with van der Waals surface area (Å²) >= 11 is 0. The second kappa shape index (κ2) is 13.9. The Balaban J connectivity index is 1.93. The minimum Gasteiger partial charge on any atom is -0.493 e. The molecule has 1 fully saturated rings. The highest BCUT2D eigenvalue weighted by Crippen LogP contribution is 2.31. The van der Waals surface area contributed by atoms with Crippen LogP contribution in [0.15, 0.2) is 18.2 Å². The average Bonchev–Trinajstić information content (AvgIpc) is 2.79. The zero-order chi connectivity index (χ0) is 22.6. The lowest BCUT2D eigenvalue weighted by atomic mass is 9.84. The van der Waals surface area contributed by atoms with E-state index < -0.39 is 6.10 Å². The van der Waals surface area contributed by atoms with Crippen molar-refractivity contribution in [3.8, 4) is 11.5 Å². The molecule has 1 aliphatic heterocycles. The highest BCUT2D eigenvalue weighted by molar-refractivity contribution is 5.43. The first-order valence-electron chi connectivity index (χ1n) is 11.9. The zero-order valence-electron chi connectivity index (χ0n) is 20.0. The van der Waals surface area contributed by atoms with Gasteiger partial charge in [-0.1, -0.05) is 26.3 Å². The van der Waals surface area contributed by atoms with Gasteiger partial charge in [0, 0.05) is 20.1 Å². The van der Waals surface area contributed by atoms with E-state index in [9.17, 15) is 5.11 Å². The Morgan fingerprint density at radius 3 is 2.42 bits per heavy atom. The normalized spacial score (nSPS) is 18.0. The molecule has 0 aromatic heterocycles. The zero-order valence-corrected chi connectivity index (χ0v) is 20.0.